The van der Waals surface area contributed by atoms with Gasteiger partial charge in [-0.15, -0.1) is 0 Å². The fourth-order valence-electron chi connectivity index (χ4n) is 2.12. The van der Waals surface area contributed by atoms with E-state index in [1.165, 1.54) is 12.3 Å². The van der Waals surface area contributed by atoms with Gasteiger partial charge in [0.25, 0.3) is 0 Å². The van der Waals surface area contributed by atoms with Crippen molar-refractivity contribution in [3.63, 3.8) is 0 Å². The van der Waals surface area contributed by atoms with Gasteiger partial charge >= 0.3 is 0 Å². The Morgan fingerprint density at radius 3 is 2.69 bits per heavy atom. The van der Waals surface area contributed by atoms with Crippen molar-refractivity contribution in [3.05, 3.63) is 35.9 Å². The summed E-state index contributed by atoms with van der Waals surface area (Å²) in [6, 6.07) is 1.42. The van der Waals surface area contributed by atoms with Gasteiger partial charge in [0.05, 0.1) is 6.20 Å². The zero-order valence-corrected chi connectivity index (χ0v) is 9.46. The third-order valence-corrected chi connectivity index (χ3v) is 2.73. The molecule has 1 heterocycles. The summed E-state index contributed by atoms with van der Waals surface area (Å²) in [7, 11) is 0. The Morgan fingerprint density at radius 2 is 2.06 bits per heavy atom. The lowest BCUT2D eigenvalue weighted by Crippen LogP contribution is -2.21. The van der Waals surface area contributed by atoms with Crippen molar-refractivity contribution in [2.75, 3.05) is 0 Å². The highest BCUT2D eigenvalue weighted by atomic mass is 19.1. The van der Waals surface area contributed by atoms with E-state index in [0.29, 0.717) is 12.0 Å². The van der Waals surface area contributed by atoms with Gasteiger partial charge in [0.1, 0.15) is 5.82 Å². The largest absolute Gasteiger partial charge is 0.295 e. The van der Waals surface area contributed by atoms with E-state index in [2.05, 4.69) is 4.98 Å². The number of carbonyl (C=O) groups excluding carboxylic acids is 1. The fourth-order valence-corrected chi connectivity index (χ4v) is 2.12. The number of nitrogens with zero attached hydrogens (tertiary/aromatic N) is 1. The molecule has 1 aliphatic carbocycles. The van der Waals surface area contributed by atoms with Gasteiger partial charge in [0.2, 0.25) is 0 Å². The van der Waals surface area contributed by atoms with Gasteiger partial charge in [0.15, 0.2) is 5.78 Å². The molecule has 0 atom stereocenters. The molecule has 0 amide bonds. The van der Waals surface area contributed by atoms with Gasteiger partial charge < -0.3 is 0 Å². The Morgan fingerprint density at radius 1 is 1.31 bits per heavy atom. The highest BCUT2D eigenvalue weighted by molar-refractivity contribution is 5.99. The van der Waals surface area contributed by atoms with Crippen LogP contribution in [0.5, 0.6) is 0 Å². The van der Waals surface area contributed by atoms with Crippen LogP contribution in [0.3, 0.4) is 0 Å². The molecular formula is C13H14FNO. The number of hydrogen-bond donors (Lipinski definition) is 0. The SMILES string of the molecule is CC1(C)CC(=O)C=C(c2cncc(F)c2)C1. The summed E-state index contributed by atoms with van der Waals surface area (Å²) in [5.74, 6) is -0.260. The molecule has 3 heteroatoms. The Hall–Kier alpha value is -1.51. The molecule has 1 aromatic rings. The topological polar surface area (TPSA) is 30.0 Å². The van der Waals surface area contributed by atoms with E-state index in [1.807, 2.05) is 13.8 Å². The average Bonchev–Trinajstić information content (AvgIpc) is 2.14. The Bertz CT molecular complexity index is 463. The zero-order chi connectivity index (χ0) is 11.8. The van der Waals surface area contributed by atoms with Crippen LogP contribution in [0.15, 0.2) is 24.5 Å². The summed E-state index contributed by atoms with van der Waals surface area (Å²) in [6.07, 6.45) is 5.72. The normalized spacial score (nSPS) is 19.4. The van der Waals surface area contributed by atoms with Crippen LogP contribution in [0.4, 0.5) is 4.39 Å². The molecule has 84 valence electrons. The number of rotatable bonds is 1. The van der Waals surface area contributed by atoms with Crippen LogP contribution in [0.25, 0.3) is 5.57 Å². The van der Waals surface area contributed by atoms with Crippen LogP contribution in [0.2, 0.25) is 0 Å². The smallest absolute Gasteiger partial charge is 0.156 e. The third kappa shape index (κ3) is 2.35. The highest BCUT2D eigenvalue weighted by Gasteiger charge is 2.28. The molecule has 0 radical (unpaired) electrons. The molecule has 0 saturated carbocycles. The molecule has 2 nitrogen and oxygen atoms in total. The molecule has 0 aliphatic heterocycles. The number of ketones is 1. The molecular weight excluding hydrogens is 205 g/mol. The quantitative estimate of drug-likeness (QED) is 0.726. The minimum atomic E-state index is -0.366. The van der Waals surface area contributed by atoms with E-state index in [0.717, 1.165) is 12.0 Å². The summed E-state index contributed by atoms with van der Waals surface area (Å²) in [5, 5.41) is 0. The summed E-state index contributed by atoms with van der Waals surface area (Å²) in [4.78, 5) is 15.4. The van der Waals surface area contributed by atoms with Crippen molar-refractivity contribution >= 4 is 11.4 Å². The van der Waals surface area contributed by atoms with Crippen molar-refractivity contribution < 1.29 is 9.18 Å². The molecule has 16 heavy (non-hydrogen) atoms. The first-order valence-corrected chi connectivity index (χ1v) is 5.31. The minimum absolute atomic E-state index is 0.0481. The third-order valence-electron chi connectivity index (χ3n) is 2.73. The predicted molar refractivity (Wildman–Crippen MR) is 60.2 cm³/mol. The second-order valence-corrected chi connectivity index (χ2v) is 5.05. The van der Waals surface area contributed by atoms with Crippen LogP contribution >= 0.6 is 0 Å². The van der Waals surface area contributed by atoms with Crippen molar-refractivity contribution in [3.8, 4) is 0 Å². The highest BCUT2D eigenvalue weighted by Crippen LogP contribution is 2.37. The molecule has 0 fully saturated rings. The molecule has 0 bridgehead atoms. The monoisotopic (exact) mass is 219 g/mol. The number of pyridine rings is 1. The lowest BCUT2D eigenvalue weighted by atomic mass is 9.75. The van der Waals surface area contributed by atoms with Gasteiger partial charge in [-0.2, -0.15) is 0 Å². The summed E-state index contributed by atoms with van der Waals surface area (Å²) < 4.78 is 13.0. The average molecular weight is 219 g/mol. The maximum atomic E-state index is 13.0. The van der Waals surface area contributed by atoms with Gasteiger partial charge in [0, 0.05) is 12.6 Å². The first kappa shape index (κ1) is 11.0. The predicted octanol–water partition coefficient (Wildman–Crippen LogP) is 2.99. The van der Waals surface area contributed by atoms with Gasteiger partial charge in [-0.05, 0) is 35.1 Å². The van der Waals surface area contributed by atoms with Crippen molar-refractivity contribution in [2.45, 2.75) is 26.7 Å². The molecule has 0 aromatic carbocycles. The maximum Gasteiger partial charge on any atom is 0.156 e. The van der Waals surface area contributed by atoms with Crippen molar-refractivity contribution in [1.82, 2.24) is 4.98 Å². The number of halogens is 1. The first-order chi connectivity index (χ1) is 7.46. The fraction of sp³-hybridized carbons (Fsp3) is 0.385. The number of allylic oxidation sites excluding steroid dienone is 2. The lowest BCUT2D eigenvalue weighted by Gasteiger charge is -2.28. The Balaban J connectivity index is 2.38. The maximum absolute atomic E-state index is 13.0. The van der Waals surface area contributed by atoms with Crippen LogP contribution < -0.4 is 0 Å². The Kier molecular flexibility index (Phi) is 2.62. The minimum Gasteiger partial charge on any atom is -0.295 e. The Labute approximate surface area is 94.2 Å². The first-order valence-electron chi connectivity index (χ1n) is 5.31. The van der Waals surface area contributed by atoms with Crippen LogP contribution in [-0.2, 0) is 4.79 Å². The van der Waals surface area contributed by atoms with Gasteiger partial charge in [-0.3, -0.25) is 9.78 Å². The van der Waals surface area contributed by atoms with E-state index < -0.39 is 0 Å². The summed E-state index contributed by atoms with van der Waals surface area (Å²) >= 11 is 0. The van der Waals surface area contributed by atoms with E-state index >= 15 is 0 Å². The number of carbonyl (C=O) groups is 1. The number of aromatic nitrogens is 1. The molecule has 0 N–H and O–H groups in total. The van der Waals surface area contributed by atoms with Crippen LogP contribution in [0, 0.1) is 11.2 Å². The molecule has 1 aliphatic rings. The van der Waals surface area contributed by atoms with Crippen LogP contribution in [-0.4, -0.2) is 10.8 Å². The second-order valence-electron chi connectivity index (χ2n) is 5.05. The van der Waals surface area contributed by atoms with E-state index in [4.69, 9.17) is 0 Å². The molecule has 0 saturated heterocycles. The summed E-state index contributed by atoms with van der Waals surface area (Å²) in [6.45, 7) is 4.09. The molecule has 2 rings (SSSR count). The lowest BCUT2D eigenvalue weighted by molar-refractivity contribution is -0.116. The van der Waals surface area contributed by atoms with E-state index in [-0.39, 0.29) is 17.0 Å². The van der Waals surface area contributed by atoms with E-state index in [1.54, 1.807) is 12.3 Å². The van der Waals surface area contributed by atoms with Crippen LogP contribution in [0.1, 0.15) is 32.3 Å². The second kappa shape index (κ2) is 3.81. The van der Waals surface area contributed by atoms with Crippen molar-refractivity contribution in [2.24, 2.45) is 5.41 Å². The van der Waals surface area contributed by atoms with Gasteiger partial charge in [-0.1, -0.05) is 13.8 Å². The van der Waals surface area contributed by atoms with E-state index in [9.17, 15) is 9.18 Å². The summed E-state index contributed by atoms with van der Waals surface area (Å²) in [5.41, 5.74) is 1.54. The molecule has 0 unspecified atom stereocenters. The standard InChI is InChI=1S/C13H14FNO/c1-13(2)5-9(4-12(16)6-13)10-3-11(14)8-15-7-10/h3-4,7-8H,5-6H2,1-2H3. The molecule has 0 spiro atoms. The molecule has 1 aromatic heterocycles. The number of hydrogen-bond acceptors (Lipinski definition) is 2. The van der Waals surface area contributed by atoms with Crippen molar-refractivity contribution in [1.29, 1.82) is 0 Å². The van der Waals surface area contributed by atoms with Gasteiger partial charge in [-0.25, -0.2) is 4.39 Å². The zero-order valence-electron chi connectivity index (χ0n) is 9.46.